The highest BCUT2D eigenvalue weighted by molar-refractivity contribution is 14.1. The minimum absolute atomic E-state index is 0.620. The highest BCUT2D eigenvalue weighted by Crippen LogP contribution is 2.21. The van der Waals surface area contributed by atoms with E-state index in [2.05, 4.69) is 32.7 Å². The predicted octanol–water partition coefficient (Wildman–Crippen LogP) is 1.34. The predicted molar refractivity (Wildman–Crippen MR) is 52.3 cm³/mol. The molecular formula is C7H6IN3O. The van der Waals surface area contributed by atoms with Crippen molar-refractivity contribution in [1.82, 2.24) is 14.6 Å². The SMILES string of the molecule is COc1nn2cccnc2c1I. The quantitative estimate of drug-likeness (QED) is 0.737. The lowest BCUT2D eigenvalue weighted by Gasteiger charge is -1.89. The van der Waals surface area contributed by atoms with Crippen molar-refractivity contribution in [2.24, 2.45) is 0 Å². The summed E-state index contributed by atoms with van der Waals surface area (Å²) in [6.45, 7) is 0. The van der Waals surface area contributed by atoms with Gasteiger partial charge in [-0.15, -0.1) is 5.10 Å². The summed E-state index contributed by atoms with van der Waals surface area (Å²) in [5.41, 5.74) is 0.829. The maximum Gasteiger partial charge on any atom is 0.248 e. The lowest BCUT2D eigenvalue weighted by atomic mass is 10.6. The molecule has 0 saturated carbocycles. The summed E-state index contributed by atoms with van der Waals surface area (Å²) in [6, 6.07) is 1.83. The second-order valence-corrected chi connectivity index (χ2v) is 3.29. The number of rotatable bonds is 1. The zero-order chi connectivity index (χ0) is 8.55. The second kappa shape index (κ2) is 2.89. The maximum absolute atomic E-state index is 5.05. The van der Waals surface area contributed by atoms with Crippen molar-refractivity contribution in [3.05, 3.63) is 22.0 Å². The minimum Gasteiger partial charge on any atom is -0.479 e. The molecule has 12 heavy (non-hydrogen) atoms. The molecule has 0 amide bonds. The highest BCUT2D eigenvalue weighted by atomic mass is 127. The van der Waals surface area contributed by atoms with E-state index >= 15 is 0 Å². The van der Waals surface area contributed by atoms with Gasteiger partial charge in [0, 0.05) is 12.4 Å². The molecule has 62 valence electrons. The fourth-order valence-electron chi connectivity index (χ4n) is 0.969. The first-order valence-corrected chi connectivity index (χ1v) is 4.43. The Hall–Kier alpha value is -0.850. The van der Waals surface area contributed by atoms with E-state index in [1.54, 1.807) is 17.8 Å². The lowest BCUT2D eigenvalue weighted by molar-refractivity contribution is 0.392. The third-order valence-electron chi connectivity index (χ3n) is 1.50. The molecule has 0 aromatic carbocycles. The van der Waals surface area contributed by atoms with Gasteiger partial charge in [-0.25, -0.2) is 9.50 Å². The molecule has 2 rings (SSSR count). The number of methoxy groups -OCH3 is 1. The third kappa shape index (κ3) is 1.04. The monoisotopic (exact) mass is 275 g/mol. The van der Waals surface area contributed by atoms with Gasteiger partial charge in [-0.1, -0.05) is 0 Å². The molecule has 0 aliphatic heterocycles. The van der Waals surface area contributed by atoms with Gasteiger partial charge in [-0.05, 0) is 28.7 Å². The molecule has 5 heteroatoms. The van der Waals surface area contributed by atoms with E-state index in [0.29, 0.717) is 5.88 Å². The van der Waals surface area contributed by atoms with Crippen LogP contribution in [0.1, 0.15) is 0 Å². The molecule has 0 N–H and O–H groups in total. The largest absolute Gasteiger partial charge is 0.479 e. The van der Waals surface area contributed by atoms with Crippen LogP contribution in [0.25, 0.3) is 5.65 Å². The first-order valence-electron chi connectivity index (χ1n) is 3.36. The van der Waals surface area contributed by atoms with Crippen LogP contribution in [0, 0.1) is 3.57 Å². The molecule has 0 radical (unpaired) electrons. The van der Waals surface area contributed by atoms with Crippen LogP contribution in [0.4, 0.5) is 0 Å². The van der Waals surface area contributed by atoms with E-state index in [1.165, 1.54) is 0 Å². The Kier molecular flexibility index (Phi) is 1.87. The number of halogens is 1. The van der Waals surface area contributed by atoms with Crippen LogP contribution in [-0.2, 0) is 0 Å². The summed E-state index contributed by atoms with van der Waals surface area (Å²) in [5.74, 6) is 0.620. The fraction of sp³-hybridized carbons (Fsp3) is 0.143. The van der Waals surface area contributed by atoms with E-state index in [-0.39, 0.29) is 0 Å². The van der Waals surface area contributed by atoms with Gasteiger partial charge in [-0.3, -0.25) is 0 Å². The topological polar surface area (TPSA) is 39.4 Å². The van der Waals surface area contributed by atoms with Crippen LogP contribution in [-0.4, -0.2) is 21.7 Å². The van der Waals surface area contributed by atoms with Gasteiger partial charge in [0.2, 0.25) is 5.88 Å². The summed E-state index contributed by atoms with van der Waals surface area (Å²) < 4.78 is 7.69. The van der Waals surface area contributed by atoms with Gasteiger partial charge < -0.3 is 4.74 Å². The number of fused-ring (bicyclic) bond motifs is 1. The number of hydrogen-bond acceptors (Lipinski definition) is 3. The first-order chi connectivity index (χ1) is 5.83. The summed E-state index contributed by atoms with van der Waals surface area (Å²) >= 11 is 2.16. The first kappa shape index (κ1) is 7.78. The van der Waals surface area contributed by atoms with Crippen LogP contribution in [0.15, 0.2) is 18.5 Å². The molecular weight excluding hydrogens is 269 g/mol. The van der Waals surface area contributed by atoms with Crippen LogP contribution in [0.5, 0.6) is 5.88 Å². The molecule has 0 bridgehead atoms. The molecule has 0 atom stereocenters. The van der Waals surface area contributed by atoms with E-state index in [0.717, 1.165) is 9.22 Å². The third-order valence-corrected chi connectivity index (χ3v) is 2.45. The Morgan fingerprint density at radius 1 is 1.58 bits per heavy atom. The Labute approximate surface area is 82.7 Å². The molecule has 0 unspecified atom stereocenters. The van der Waals surface area contributed by atoms with Gasteiger partial charge in [-0.2, -0.15) is 0 Å². The smallest absolute Gasteiger partial charge is 0.248 e. The molecule has 0 aliphatic carbocycles. The Bertz CT molecular complexity index is 412. The summed E-state index contributed by atoms with van der Waals surface area (Å²) in [4.78, 5) is 4.16. The van der Waals surface area contributed by atoms with Crippen molar-refractivity contribution >= 4 is 28.2 Å². The van der Waals surface area contributed by atoms with Crippen LogP contribution < -0.4 is 4.74 Å². The molecule has 0 saturated heterocycles. The van der Waals surface area contributed by atoms with E-state index in [9.17, 15) is 0 Å². The Balaban J connectivity index is 2.78. The van der Waals surface area contributed by atoms with Crippen molar-refractivity contribution in [2.45, 2.75) is 0 Å². The van der Waals surface area contributed by atoms with E-state index in [4.69, 9.17) is 4.74 Å². The van der Waals surface area contributed by atoms with Gasteiger partial charge in [0.15, 0.2) is 5.65 Å². The average Bonchev–Trinajstić information content (AvgIpc) is 2.44. The van der Waals surface area contributed by atoms with Crippen LogP contribution >= 0.6 is 22.6 Å². The minimum atomic E-state index is 0.620. The highest BCUT2D eigenvalue weighted by Gasteiger charge is 2.09. The Morgan fingerprint density at radius 2 is 2.42 bits per heavy atom. The Morgan fingerprint density at radius 3 is 3.08 bits per heavy atom. The lowest BCUT2D eigenvalue weighted by Crippen LogP contribution is -1.87. The molecule has 0 spiro atoms. The fourth-order valence-corrected chi connectivity index (χ4v) is 1.68. The van der Waals surface area contributed by atoms with Gasteiger partial charge in [0.05, 0.1) is 7.11 Å². The molecule has 0 fully saturated rings. The number of aromatic nitrogens is 3. The van der Waals surface area contributed by atoms with Crippen molar-refractivity contribution in [3.8, 4) is 5.88 Å². The number of nitrogens with zero attached hydrogens (tertiary/aromatic N) is 3. The zero-order valence-corrected chi connectivity index (χ0v) is 8.52. The van der Waals surface area contributed by atoms with Gasteiger partial charge >= 0.3 is 0 Å². The zero-order valence-electron chi connectivity index (χ0n) is 6.36. The second-order valence-electron chi connectivity index (χ2n) is 2.21. The van der Waals surface area contributed by atoms with E-state index in [1.807, 2.05) is 12.3 Å². The van der Waals surface area contributed by atoms with Crippen LogP contribution in [0.3, 0.4) is 0 Å². The van der Waals surface area contributed by atoms with Crippen molar-refractivity contribution in [2.75, 3.05) is 7.11 Å². The maximum atomic E-state index is 5.05. The van der Waals surface area contributed by atoms with Gasteiger partial charge in [0.1, 0.15) is 3.57 Å². The summed E-state index contributed by atoms with van der Waals surface area (Å²) in [5, 5.41) is 4.16. The molecule has 2 aromatic rings. The molecule has 2 heterocycles. The standard InChI is InChI=1S/C7H6IN3O/c1-12-7-5(8)6-9-3-2-4-11(6)10-7/h2-4H,1H3. The molecule has 4 nitrogen and oxygen atoms in total. The number of ether oxygens (including phenoxy) is 1. The van der Waals surface area contributed by atoms with Crippen molar-refractivity contribution in [1.29, 1.82) is 0 Å². The summed E-state index contributed by atoms with van der Waals surface area (Å²) in [6.07, 6.45) is 3.58. The summed E-state index contributed by atoms with van der Waals surface area (Å²) in [7, 11) is 1.60. The van der Waals surface area contributed by atoms with Crippen molar-refractivity contribution in [3.63, 3.8) is 0 Å². The number of hydrogen-bond donors (Lipinski definition) is 0. The van der Waals surface area contributed by atoms with Crippen molar-refractivity contribution < 1.29 is 4.74 Å². The molecule has 0 aliphatic rings. The molecule has 2 aromatic heterocycles. The normalized spacial score (nSPS) is 10.5. The van der Waals surface area contributed by atoms with E-state index < -0.39 is 0 Å². The van der Waals surface area contributed by atoms with Gasteiger partial charge in [0.25, 0.3) is 0 Å². The van der Waals surface area contributed by atoms with Crippen LogP contribution in [0.2, 0.25) is 0 Å². The average molecular weight is 275 g/mol.